The molecule has 0 unspecified atom stereocenters. The van der Waals surface area contributed by atoms with Gasteiger partial charge < -0.3 is 9.64 Å². The number of hydrogen-bond acceptors (Lipinski definition) is 4. The summed E-state index contributed by atoms with van der Waals surface area (Å²) in [6.07, 6.45) is 0. The van der Waals surface area contributed by atoms with Gasteiger partial charge in [-0.15, -0.1) is 0 Å². The number of carbonyl (C=O) groups excluding carboxylic acids is 1. The molecule has 0 saturated carbocycles. The van der Waals surface area contributed by atoms with Crippen LogP contribution >= 0.6 is 11.6 Å². The van der Waals surface area contributed by atoms with E-state index >= 15 is 0 Å². The Morgan fingerprint density at radius 3 is 2.25 bits per heavy atom. The quantitative estimate of drug-likeness (QED) is 0.781. The van der Waals surface area contributed by atoms with Crippen molar-refractivity contribution in [3.8, 4) is 0 Å². The summed E-state index contributed by atoms with van der Waals surface area (Å²) in [7, 11) is -3.51. The lowest BCUT2D eigenvalue weighted by molar-refractivity contribution is -0.896. The largest absolute Gasteiger partial charge is 0.456 e. The van der Waals surface area contributed by atoms with Crippen LogP contribution in [0.3, 0.4) is 0 Å². The number of nitrogens with one attached hydrogen (secondary N) is 1. The van der Waals surface area contributed by atoms with Crippen LogP contribution < -0.4 is 4.90 Å². The first-order chi connectivity index (χ1) is 11.1. The molecule has 1 aromatic rings. The smallest absolute Gasteiger partial charge is 0.362 e. The van der Waals surface area contributed by atoms with E-state index in [2.05, 4.69) is 0 Å². The molecule has 8 heteroatoms. The fraction of sp³-hybridized carbons (Fsp3) is 0.562. The molecule has 1 fully saturated rings. The van der Waals surface area contributed by atoms with Crippen molar-refractivity contribution < 1.29 is 22.8 Å². The molecule has 0 spiro atoms. The SMILES string of the molecule is CC(C)(C)OC(=O)C[NH+]1CCN(S(=O)(=O)c2ccc(Cl)cc2)CC1. The molecule has 0 amide bonds. The van der Waals surface area contributed by atoms with Crippen LogP contribution in [0.2, 0.25) is 5.02 Å². The van der Waals surface area contributed by atoms with Crippen molar-refractivity contribution in [1.29, 1.82) is 0 Å². The first-order valence-electron chi connectivity index (χ1n) is 7.89. The molecule has 0 aliphatic carbocycles. The van der Waals surface area contributed by atoms with Crippen molar-refractivity contribution in [1.82, 2.24) is 4.31 Å². The van der Waals surface area contributed by atoms with E-state index in [4.69, 9.17) is 16.3 Å². The predicted molar refractivity (Wildman–Crippen MR) is 91.6 cm³/mol. The molecule has 1 heterocycles. The Morgan fingerprint density at radius 1 is 1.21 bits per heavy atom. The molecule has 1 aliphatic heterocycles. The van der Waals surface area contributed by atoms with Crippen LogP contribution in [0.5, 0.6) is 0 Å². The molecular weight excluding hydrogens is 352 g/mol. The highest BCUT2D eigenvalue weighted by Gasteiger charge is 2.31. The Kier molecular flexibility index (Phi) is 5.91. The molecule has 6 nitrogen and oxygen atoms in total. The highest BCUT2D eigenvalue weighted by Crippen LogP contribution is 2.18. The molecule has 0 atom stereocenters. The Balaban J connectivity index is 1.92. The molecule has 134 valence electrons. The van der Waals surface area contributed by atoms with Crippen molar-refractivity contribution in [2.75, 3.05) is 32.7 Å². The molecule has 1 aromatic carbocycles. The van der Waals surface area contributed by atoms with Crippen molar-refractivity contribution in [2.45, 2.75) is 31.3 Å². The fourth-order valence-electron chi connectivity index (χ4n) is 2.56. The second-order valence-corrected chi connectivity index (χ2v) is 9.25. The van der Waals surface area contributed by atoms with Gasteiger partial charge >= 0.3 is 5.97 Å². The number of piperazine rings is 1. The standard InChI is InChI=1S/C16H23ClN2O4S/c1-16(2,3)23-15(20)12-18-8-10-19(11-9-18)24(21,22)14-6-4-13(17)5-7-14/h4-7H,8-12H2,1-3H3/p+1. The van der Waals surface area contributed by atoms with Gasteiger partial charge in [-0.2, -0.15) is 4.31 Å². The minimum absolute atomic E-state index is 0.238. The first kappa shape index (κ1) is 19.2. The lowest BCUT2D eigenvalue weighted by Crippen LogP contribution is -3.15. The number of sulfonamides is 1. The molecule has 1 aliphatic rings. The maximum Gasteiger partial charge on any atom is 0.362 e. The summed E-state index contributed by atoms with van der Waals surface area (Å²) >= 11 is 5.81. The number of nitrogens with zero attached hydrogens (tertiary/aromatic N) is 1. The summed E-state index contributed by atoms with van der Waals surface area (Å²) < 4.78 is 32.0. The van der Waals surface area contributed by atoms with Crippen molar-refractivity contribution in [2.24, 2.45) is 0 Å². The van der Waals surface area contributed by atoms with Crippen LogP contribution in [0, 0.1) is 0 Å². The lowest BCUT2D eigenvalue weighted by atomic mass is 10.2. The topological polar surface area (TPSA) is 68.1 Å². The summed E-state index contributed by atoms with van der Waals surface area (Å²) in [6, 6.07) is 6.16. The number of benzene rings is 1. The van der Waals surface area contributed by atoms with Gasteiger partial charge in [-0.25, -0.2) is 13.2 Å². The maximum absolute atomic E-state index is 12.6. The third kappa shape index (κ3) is 5.17. The fourth-order valence-corrected chi connectivity index (χ4v) is 4.12. The third-order valence-corrected chi connectivity index (χ3v) is 5.86. The van der Waals surface area contributed by atoms with Gasteiger partial charge in [-0.05, 0) is 45.0 Å². The van der Waals surface area contributed by atoms with E-state index in [1.165, 1.54) is 16.4 Å². The Morgan fingerprint density at radius 2 is 1.75 bits per heavy atom. The number of halogens is 1. The van der Waals surface area contributed by atoms with Crippen LogP contribution in [0.4, 0.5) is 0 Å². The first-order valence-corrected chi connectivity index (χ1v) is 9.71. The van der Waals surface area contributed by atoms with E-state index in [1.807, 2.05) is 20.8 Å². The van der Waals surface area contributed by atoms with Gasteiger partial charge in [0.2, 0.25) is 10.0 Å². The van der Waals surface area contributed by atoms with Crippen LogP contribution in [0.25, 0.3) is 0 Å². The van der Waals surface area contributed by atoms with E-state index in [0.717, 1.165) is 4.90 Å². The predicted octanol–water partition coefficient (Wildman–Crippen LogP) is 0.571. The molecule has 1 saturated heterocycles. The van der Waals surface area contributed by atoms with Gasteiger partial charge in [0.1, 0.15) is 5.60 Å². The zero-order chi connectivity index (χ0) is 18.0. The van der Waals surface area contributed by atoms with Gasteiger partial charge in [-0.3, -0.25) is 0 Å². The Hall–Kier alpha value is -1.15. The summed E-state index contributed by atoms with van der Waals surface area (Å²) in [6.45, 7) is 7.65. The monoisotopic (exact) mass is 375 g/mol. The molecular formula is C16H24ClN2O4S+. The number of quaternary nitrogens is 1. The number of hydrogen-bond donors (Lipinski definition) is 1. The zero-order valence-electron chi connectivity index (χ0n) is 14.2. The Labute approximate surface area is 148 Å². The van der Waals surface area contributed by atoms with E-state index in [9.17, 15) is 13.2 Å². The van der Waals surface area contributed by atoms with Crippen molar-refractivity contribution in [3.05, 3.63) is 29.3 Å². The van der Waals surface area contributed by atoms with E-state index in [0.29, 0.717) is 31.2 Å². The van der Waals surface area contributed by atoms with Gasteiger partial charge in [0, 0.05) is 5.02 Å². The van der Waals surface area contributed by atoms with Crippen LogP contribution in [-0.2, 0) is 19.6 Å². The number of esters is 1. The molecule has 0 aromatic heterocycles. The minimum Gasteiger partial charge on any atom is -0.456 e. The molecule has 24 heavy (non-hydrogen) atoms. The van der Waals surface area contributed by atoms with E-state index in [1.54, 1.807) is 12.1 Å². The third-order valence-electron chi connectivity index (χ3n) is 3.70. The summed E-state index contributed by atoms with van der Waals surface area (Å²) in [5.74, 6) is -0.258. The van der Waals surface area contributed by atoms with Gasteiger partial charge in [0.15, 0.2) is 6.54 Å². The lowest BCUT2D eigenvalue weighted by Gasteiger charge is -2.31. The number of rotatable bonds is 4. The second-order valence-electron chi connectivity index (χ2n) is 6.87. The van der Waals surface area contributed by atoms with Crippen LogP contribution in [0.1, 0.15) is 20.8 Å². The highest BCUT2D eigenvalue weighted by atomic mass is 35.5. The molecule has 1 N–H and O–H groups in total. The van der Waals surface area contributed by atoms with Crippen LogP contribution in [0.15, 0.2) is 29.2 Å². The van der Waals surface area contributed by atoms with Crippen molar-refractivity contribution in [3.63, 3.8) is 0 Å². The minimum atomic E-state index is -3.51. The maximum atomic E-state index is 12.6. The number of ether oxygens (including phenoxy) is 1. The van der Waals surface area contributed by atoms with Crippen molar-refractivity contribution >= 4 is 27.6 Å². The average molecular weight is 376 g/mol. The second kappa shape index (κ2) is 7.39. The number of carbonyl (C=O) groups is 1. The van der Waals surface area contributed by atoms with Crippen LogP contribution in [-0.4, -0.2) is 57.0 Å². The summed E-state index contributed by atoms with van der Waals surface area (Å²) in [5.41, 5.74) is -0.504. The highest BCUT2D eigenvalue weighted by molar-refractivity contribution is 7.89. The molecule has 0 bridgehead atoms. The van der Waals surface area contributed by atoms with E-state index < -0.39 is 15.6 Å². The normalized spacial score (nSPS) is 17.7. The zero-order valence-corrected chi connectivity index (χ0v) is 15.8. The molecule has 0 radical (unpaired) electrons. The Bertz CT molecular complexity index is 675. The molecule has 2 rings (SSSR count). The summed E-state index contributed by atoms with van der Waals surface area (Å²) in [4.78, 5) is 13.1. The summed E-state index contributed by atoms with van der Waals surface area (Å²) in [5, 5.41) is 0.501. The average Bonchev–Trinajstić information content (AvgIpc) is 2.46. The van der Waals surface area contributed by atoms with Gasteiger partial charge in [0.05, 0.1) is 31.1 Å². The van der Waals surface area contributed by atoms with Gasteiger partial charge in [-0.1, -0.05) is 11.6 Å². The van der Waals surface area contributed by atoms with Gasteiger partial charge in [0.25, 0.3) is 0 Å². The van der Waals surface area contributed by atoms with E-state index in [-0.39, 0.29) is 17.4 Å².